The highest BCUT2D eigenvalue weighted by Crippen LogP contribution is 2.25. The fourth-order valence-corrected chi connectivity index (χ4v) is 2.78. The van der Waals surface area contributed by atoms with E-state index in [2.05, 4.69) is 10.6 Å². The molecule has 2 fully saturated rings. The van der Waals surface area contributed by atoms with Gasteiger partial charge in [0.05, 0.1) is 5.41 Å². The van der Waals surface area contributed by atoms with Crippen LogP contribution >= 0.6 is 0 Å². The van der Waals surface area contributed by atoms with E-state index in [0.717, 1.165) is 12.8 Å². The van der Waals surface area contributed by atoms with Crippen molar-refractivity contribution in [2.24, 2.45) is 11.3 Å². The Morgan fingerprint density at radius 2 is 2.14 bits per heavy atom. The number of carbonyl (C=O) groups is 3. The summed E-state index contributed by atoms with van der Waals surface area (Å²) in [6, 6.07) is -0.0505. The molecule has 0 aromatic heterocycles. The van der Waals surface area contributed by atoms with Crippen molar-refractivity contribution >= 4 is 17.9 Å². The van der Waals surface area contributed by atoms with Gasteiger partial charge in [-0.1, -0.05) is 0 Å². The van der Waals surface area contributed by atoms with E-state index in [1.807, 2.05) is 0 Å². The molecule has 2 aliphatic heterocycles. The minimum atomic E-state index is -0.979. The Kier molecular flexibility index (Phi) is 4.39. The van der Waals surface area contributed by atoms with Gasteiger partial charge < -0.3 is 20.6 Å². The maximum Gasteiger partial charge on any atom is 0.317 e. The first kappa shape index (κ1) is 15.6. The normalized spacial score (nSPS) is 25.8. The van der Waals surface area contributed by atoms with Crippen molar-refractivity contribution in [1.29, 1.82) is 0 Å². The Morgan fingerprint density at radius 1 is 1.43 bits per heavy atom. The molecule has 2 saturated heterocycles. The summed E-state index contributed by atoms with van der Waals surface area (Å²) in [6.45, 7) is 4.46. The molecule has 2 atom stereocenters. The number of piperidine rings is 2. The summed E-state index contributed by atoms with van der Waals surface area (Å²) < 4.78 is 0. The number of nitrogens with zero attached hydrogens (tertiary/aromatic N) is 1. The van der Waals surface area contributed by atoms with E-state index >= 15 is 0 Å². The second kappa shape index (κ2) is 5.91. The maximum absolute atomic E-state index is 12.1. The highest BCUT2D eigenvalue weighted by atomic mass is 16.4. The monoisotopic (exact) mass is 297 g/mol. The molecule has 0 spiro atoms. The lowest BCUT2D eigenvalue weighted by Gasteiger charge is -2.41. The molecule has 3 N–H and O–H groups in total. The zero-order valence-corrected chi connectivity index (χ0v) is 12.5. The molecule has 7 heteroatoms. The van der Waals surface area contributed by atoms with Gasteiger partial charge in [-0.25, -0.2) is 4.79 Å². The lowest BCUT2D eigenvalue weighted by Crippen LogP contribution is -2.57. The molecule has 2 aliphatic rings. The SMILES string of the molecule is CC(C)(CNC(=O)N1CCC2NC(=O)CCC2C1)C(=O)O. The van der Waals surface area contributed by atoms with Crippen molar-refractivity contribution in [3.63, 3.8) is 0 Å². The Bertz CT molecular complexity index is 450. The third-order valence-electron chi connectivity index (χ3n) is 4.37. The second-order valence-electron chi connectivity index (χ2n) is 6.56. The molecule has 0 bridgehead atoms. The van der Waals surface area contributed by atoms with Crippen molar-refractivity contribution in [3.8, 4) is 0 Å². The van der Waals surface area contributed by atoms with E-state index < -0.39 is 11.4 Å². The van der Waals surface area contributed by atoms with Gasteiger partial charge in [-0.3, -0.25) is 9.59 Å². The number of carbonyl (C=O) groups excluding carboxylic acids is 2. The number of hydrogen-bond donors (Lipinski definition) is 3. The van der Waals surface area contributed by atoms with Gasteiger partial charge in [0.25, 0.3) is 0 Å². The number of carboxylic acid groups (broad SMARTS) is 1. The maximum atomic E-state index is 12.1. The number of amides is 3. The third kappa shape index (κ3) is 3.65. The van der Waals surface area contributed by atoms with Gasteiger partial charge in [-0.05, 0) is 32.6 Å². The topological polar surface area (TPSA) is 98.7 Å². The van der Waals surface area contributed by atoms with Gasteiger partial charge in [0.2, 0.25) is 5.91 Å². The minimum Gasteiger partial charge on any atom is -0.481 e. The number of hydrogen-bond acceptors (Lipinski definition) is 3. The molecule has 7 nitrogen and oxygen atoms in total. The van der Waals surface area contributed by atoms with Crippen molar-refractivity contribution in [3.05, 3.63) is 0 Å². The number of nitrogens with one attached hydrogen (secondary N) is 2. The molecule has 2 unspecified atom stereocenters. The van der Waals surface area contributed by atoms with Crippen LogP contribution in [0, 0.1) is 11.3 Å². The van der Waals surface area contributed by atoms with E-state index in [1.54, 1.807) is 18.7 Å². The molecule has 2 rings (SSSR count). The van der Waals surface area contributed by atoms with E-state index in [4.69, 9.17) is 5.11 Å². The zero-order valence-electron chi connectivity index (χ0n) is 12.5. The largest absolute Gasteiger partial charge is 0.481 e. The zero-order chi connectivity index (χ0) is 15.6. The van der Waals surface area contributed by atoms with Crippen molar-refractivity contribution < 1.29 is 19.5 Å². The molecule has 3 amide bonds. The van der Waals surface area contributed by atoms with Gasteiger partial charge >= 0.3 is 12.0 Å². The summed E-state index contributed by atoms with van der Waals surface area (Å²) in [5.41, 5.74) is -0.979. The Hall–Kier alpha value is -1.79. The number of aliphatic carboxylic acids is 1. The van der Waals surface area contributed by atoms with Gasteiger partial charge in [0.15, 0.2) is 0 Å². The molecule has 0 aliphatic carbocycles. The minimum absolute atomic E-state index is 0.0948. The second-order valence-corrected chi connectivity index (χ2v) is 6.56. The smallest absolute Gasteiger partial charge is 0.317 e. The number of fused-ring (bicyclic) bond motifs is 1. The average Bonchev–Trinajstić information content (AvgIpc) is 2.44. The third-order valence-corrected chi connectivity index (χ3v) is 4.37. The molecule has 0 saturated carbocycles. The first-order chi connectivity index (χ1) is 9.79. The Labute approximate surface area is 124 Å². The fraction of sp³-hybridized carbons (Fsp3) is 0.786. The quantitative estimate of drug-likeness (QED) is 0.702. The van der Waals surface area contributed by atoms with Crippen LogP contribution in [0.1, 0.15) is 33.1 Å². The standard InChI is InChI=1S/C14H23N3O4/c1-14(2,12(19)20)8-15-13(21)17-6-5-10-9(7-17)3-4-11(18)16-10/h9-10H,3-8H2,1-2H3,(H,15,21)(H,16,18)(H,19,20). The van der Waals surface area contributed by atoms with Crippen LogP contribution in [0.2, 0.25) is 0 Å². The number of rotatable bonds is 3. The van der Waals surface area contributed by atoms with E-state index in [-0.39, 0.29) is 24.5 Å². The van der Waals surface area contributed by atoms with E-state index in [0.29, 0.717) is 25.4 Å². The van der Waals surface area contributed by atoms with Crippen molar-refractivity contribution in [2.75, 3.05) is 19.6 Å². The first-order valence-electron chi connectivity index (χ1n) is 7.35. The molecule has 0 aromatic carbocycles. The fourth-order valence-electron chi connectivity index (χ4n) is 2.78. The number of urea groups is 1. The van der Waals surface area contributed by atoms with Crippen LogP contribution in [0.5, 0.6) is 0 Å². The molecule has 21 heavy (non-hydrogen) atoms. The molecule has 0 aromatic rings. The van der Waals surface area contributed by atoms with E-state index in [9.17, 15) is 14.4 Å². The average molecular weight is 297 g/mol. The molecule has 118 valence electrons. The predicted octanol–water partition coefficient (Wildman–Crippen LogP) is 0.407. The van der Waals surface area contributed by atoms with Gasteiger partial charge in [-0.15, -0.1) is 0 Å². The predicted molar refractivity (Wildman–Crippen MR) is 75.7 cm³/mol. The van der Waals surface area contributed by atoms with Gasteiger partial charge in [-0.2, -0.15) is 0 Å². The van der Waals surface area contributed by atoms with Crippen LogP contribution in [0.15, 0.2) is 0 Å². The highest BCUT2D eigenvalue weighted by Gasteiger charge is 2.36. The van der Waals surface area contributed by atoms with Crippen LogP contribution in [0.3, 0.4) is 0 Å². The summed E-state index contributed by atoms with van der Waals surface area (Å²) in [7, 11) is 0. The van der Waals surface area contributed by atoms with Crippen LogP contribution in [-0.4, -0.2) is 53.6 Å². The lowest BCUT2D eigenvalue weighted by molar-refractivity contribution is -0.146. The van der Waals surface area contributed by atoms with Crippen LogP contribution in [-0.2, 0) is 9.59 Å². The van der Waals surface area contributed by atoms with Crippen molar-refractivity contribution in [1.82, 2.24) is 15.5 Å². The molecular formula is C14H23N3O4. The van der Waals surface area contributed by atoms with Gasteiger partial charge in [0, 0.05) is 32.1 Å². The summed E-state index contributed by atoms with van der Waals surface area (Å²) in [5.74, 6) is -0.538. The van der Waals surface area contributed by atoms with Gasteiger partial charge in [0.1, 0.15) is 0 Å². The highest BCUT2D eigenvalue weighted by molar-refractivity contribution is 5.78. The summed E-state index contributed by atoms with van der Waals surface area (Å²) in [5, 5.41) is 14.7. The summed E-state index contributed by atoms with van der Waals surface area (Å²) >= 11 is 0. The van der Waals surface area contributed by atoms with Crippen LogP contribution in [0.4, 0.5) is 4.79 Å². The molecule has 0 radical (unpaired) electrons. The lowest BCUT2D eigenvalue weighted by atomic mass is 9.85. The molecule has 2 heterocycles. The first-order valence-corrected chi connectivity index (χ1v) is 7.35. The Morgan fingerprint density at radius 3 is 2.81 bits per heavy atom. The van der Waals surface area contributed by atoms with Crippen LogP contribution < -0.4 is 10.6 Å². The number of likely N-dealkylation sites (tertiary alicyclic amines) is 1. The number of carboxylic acids is 1. The van der Waals surface area contributed by atoms with E-state index in [1.165, 1.54) is 0 Å². The summed E-state index contributed by atoms with van der Waals surface area (Å²) in [4.78, 5) is 36.2. The summed E-state index contributed by atoms with van der Waals surface area (Å²) in [6.07, 6.45) is 2.08. The molecular weight excluding hydrogens is 274 g/mol. The van der Waals surface area contributed by atoms with Crippen LogP contribution in [0.25, 0.3) is 0 Å². The Balaban J connectivity index is 1.84. The van der Waals surface area contributed by atoms with Crippen molar-refractivity contribution in [2.45, 2.75) is 39.2 Å².